The second-order valence-electron chi connectivity index (χ2n) is 5.24. The molecule has 0 spiro atoms. The number of likely N-dealkylation sites (N-methyl/N-ethyl adjacent to an activating group) is 1. The molecule has 1 aromatic carbocycles. The molecule has 0 aromatic heterocycles. The Morgan fingerprint density at radius 3 is 2.29 bits per heavy atom. The fourth-order valence-corrected chi connectivity index (χ4v) is 1.91. The maximum Gasteiger partial charge on any atom is 0.240 e. The van der Waals surface area contributed by atoms with Gasteiger partial charge in [0, 0.05) is 20.2 Å². The Hall–Kier alpha value is -1.59. The number of carbonyl (C=O) groups excluding carboxylic acids is 1. The Morgan fingerprint density at radius 2 is 1.81 bits per heavy atom. The predicted molar refractivity (Wildman–Crippen MR) is 83.4 cm³/mol. The lowest BCUT2D eigenvalue weighted by atomic mass is 10.2. The van der Waals surface area contributed by atoms with E-state index in [0.717, 1.165) is 11.3 Å². The summed E-state index contributed by atoms with van der Waals surface area (Å²) in [6.07, 6.45) is 0. The Balaban J connectivity index is 2.78. The standard InChI is InChI=1S/C16H26N2O3/c1-13(17(2)3)16(19)18(10-11-20-4)12-14-6-8-15(21-5)9-7-14/h6-9,13H,10-12H2,1-5H3/t13-/m0/s1. The van der Waals surface area contributed by atoms with Gasteiger partial charge in [0.15, 0.2) is 0 Å². The van der Waals surface area contributed by atoms with E-state index in [-0.39, 0.29) is 11.9 Å². The Bertz CT molecular complexity index is 432. The molecule has 0 saturated carbocycles. The maximum atomic E-state index is 12.5. The molecule has 0 unspecified atom stereocenters. The number of hydrogen-bond acceptors (Lipinski definition) is 4. The van der Waals surface area contributed by atoms with Crippen LogP contribution in [-0.2, 0) is 16.1 Å². The molecule has 1 rings (SSSR count). The molecule has 1 aromatic rings. The van der Waals surface area contributed by atoms with E-state index in [2.05, 4.69) is 0 Å². The molecular formula is C16H26N2O3. The van der Waals surface area contributed by atoms with Crippen LogP contribution < -0.4 is 4.74 Å². The van der Waals surface area contributed by atoms with Crippen LogP contribution in [0.3, 0.4) is 0 Å². The van der Waals surface area contributed by atoms with E-state index in [4.69, 9.17) is 9.47 Å². The van der Waals surface area contributed by atoms with Crippen molar-refractivity contribution in [2.75, 3.05) is 41.5 Å². The van der Waals surface area contributed by atoms with Crippen LogP contribution in [0, 0.1) is 0 Å². The lowest BCUT2D eigenvalue weighted by molar-refractivity contribution is -0.136. The number of ether oxygens (including phenoxy) is 2. The lowest BCUT2D eigenvalue weighted by Gasteiger charge is -2.28. The first kappa shape index (κ1) is 17.5. The molecule has 21 heavy (non-hydrogen) atoms. The minimum absolute atomic E-state index is 0.105. The molecular weight excluding hydrogens is 268 g/mol. The van der Waals surface area contributed by atoms with Crippen LogP contribution in [-0.4, -0.2) is 63.2 Å². The summed E-state index contributed by atoms with van der Waals surface area (Å²) in [5, 5.41) is 0. The number of amides is 1. The molecule has 1 atom stereocenters. The molecule has 0 aliphatic rings. The van der Waals surface area contributed by atoms with Gasteiger partial charge in [-0.2, -0.15) is 0 Å². The normalized spacial score (nSPS) is 12.3. The largest absolute Gasteiger partial charge is 0.497 e. The van der Waals surface area contributed by atoms with Gasteiger partial charge in [0.25, 0.3) is 0 Å². The quantitative estimate of drug-likeness (QED) is 0.731. The molecule has 0 aliphatic heterocycles. The summed E-state index contributed by atoms with van der Waals surface area (Å²) in [7, 11) is 7.10. The second kappa shape index (κ2) is 8.64. The summed E-state index contributed by atoms with van der Waals surface area (Å²) < 4.78 is 10.3. The minimum Gasteiger partial charge on any atom is -0.497 e. The summed E-state index contributed by atoms with van der Waals surface area (Å²) >= 11 is 0. The van der Waals surface area contributed by atoms with Crippen molar-refractivity contribution in [3.8, 4) is 5.75 Å². The smallest absolute Gasteiger partial charge is 0.240 e. The van der Waals surface area contributed by atoms with Crippen LogP contribution in [0.1, 0.15) is 12.5 Å². The second-order valence-corrected chi connectivity index (χ2v) is 5.24. The van der Waals surface area contributed by atoms with Gasteiger partial charge in [-0.05, 0) is 38.7 Å². The van der Waals surface area contributed by atoms with Crippen molar-refractivity contribution in [3.63, 3.8) is 0 Å². The molecule has 0 aliphatic carbocycles. The van der Waals surface area contributed by atoms with Crippen molar-refractivity contribution in [1.82, 2.24) is 9.80 Å². The number of hydrogen-bond donors (Lipinski definition) is 0. The van der Waals surface area contributed by atoms with E-state index in [0.29, 0.717) is 19.7 Å². The molecule has 0 bridgehead atoms. The van der Waals surface area contributed by atoms with Gasteiger partial charge in [-0.1, -0.05) is 12.1 Å². The third-order valence-corrected chi connectivity index (χ3v) is 3.54. The molecule has 0 radical (unpaired) electrons. The van der Waals surface area contributed by atoms with Gasteiger partial charge in [-0.25, -0.2) is 0 Å². The van der Waals surface area contributed by atoms with Gasteiger partial charge in [-0.15, -0.1) is 0 Å². The highest BCUT2D eigenvalue weighted by atomic mass is 16.5. The van der Waals surface area contributed by atoms with Gasteiger partial charge >= 0.3 is 0 Å². The van der Waals surface area contributed by atoms with Gasteiger partial charge in [-0.3, -0.25) is 9.69 Å². The number of carbonyl (C=O) groups is 1. The molecule has 1 amide bonds. The monoisotopic (exact) mass is 294 g/mol. The molecule has 0 heterocycles. The van der Waals surface area contributed by atoms with E-state index < -0.39 is 0 Å². The fraction of sp³-hybridized carbons (Fsp3) is 0.562. The summed E-state index contributed by atoms with van der Waals surface area (Å²) in [6.45, 7) is 3.60. The summed E-state index contributed by atoms with van der Waals surface area (Å²) in [4.78, 5) is 16.3. The highest BCUT2D eigenvalue weighted by Gasteiger charge is 2.22. The Kier molecular flexibility index (Phi) is 7.19. The van der Waals surface area contributed by atoms with E-state index in [1.165, 1.54) is 0 Å². The highest BCUT2D eigenvalue weighted by molar-refractivity contribution is 5.81. The topological polar surface area (TPSA) is 42.0 Å². The fourth-order valence-electron chi connectivity index (χ4n) is 1.91. The van der Waals surface area contributed by atoms with Gasteiger partial charge in [0.05, 0.1) is 19.8 Å². The SMILES string of the molecule is COCCN(Cc1ccc(OC)cc1)C(=O)[C@H](C)N(C)C. The van der Waals surface area contributed by atoms with Crippen LogP contribution >= 0.6 is 0 Å². The van der Waals surface area contributed by atoms with E-state index in [9.17, 15) is 4.79 Å². The zero-order valence-electron chi connectivity index (χ0n) is 13.6. The number of rotatable bonds is 8. The first-order valence-corrected chi connectivity index (χ1v) is 7.06. The molecule has 0 N–H and O–H groups in total. The zero-order valence-corrected chi connectivity index (χ0v) is 13.6. The summed E-state index contributed by atoms with van der Waals surface area (Å²) in [6, 6.07) is 7.62. The summed E-state index contributed by atoms with van der Waals surface area (Å²) in [5.74, 6) is 0.919. The average molecular weight is 294 g/mol. The molecule has 0 fully saturated rings. The van der Waals surface area contributed by atoms with Crippen LogP contribution in [0.2, 0.25) is 0 Å². The van der Waals surface area contributed by atoms with Crippen LogP contribution in [0.4, 0.5) is 0 Å². The van der Waals surface area contributed by atoms with E-state index in [1.54, 1.807) is 14.2 Å². The van der Waals surface area contributed by atoms with Gasteiger partial charge in [0.1, 0.15) is 5.75 Å². The molecule has 5 heteroatoms. The molecule has 0 saturated heterocycles. The van der Waals surface area contributed by atoms with Crippen molar-refractivity contribution in [2.24, 2.45) is 0 Å². The Labute approximate surface area is 127 Å². The summed E-state index contributed by atoms with van der Waals surface area (Å²) in [5.41, 5.74) is 1.08. The van der Waals surface area contributed by atoms with Crippen LogP contribution in [0.15, 0.2) is 24.3 Å². The van der Waals surface area contributed by atoms with Crippen LogP contribution in [0.5, 0.6) is 5.75 Å². The first-order valence-electron chi connectivity index (χ1n) is 7.06. The Morgan fingerprint density at radius 1 is 1.19 bits per heavy atom. The van der Waals surface area contributed by atoms with Crippen molar-refractivity contribution in [2.45, 2.75) is 19.5 Å². The number of methoxy groups -OCH3 is 2. The maximum absolute atomic E-state index is 12.5. The minimum atomic E-state index is -0.153. The highest BCUT2D eigenvalue weighted by Crippen LogP contribution is 2.14. The van der Waals surface area contributed by atoms with Crippen molar-refractivity contribution < 1.29 is 14.3 Å². The number of nitrogens with zero attached hydrogens (tertiary/aromatic N) is 2. The van der Waals surface area contributed by atoms with Gasteiger partial charge < -0.3 is 14.4 Å². The van der Waals surface area contributed by atoms with E-state index >= 15 is 0 Å². The van der Waals surface area contributed by atoms with Gasteiger partial charge in [0.2, 0.25) is 5.91 Å². The molecule has 5 nitrogen and oxygen atoms in total. The third kappa shape index (κ3) is 5.36. The average Bonchev–Trinajstić information content (AvgIpc) is 2.50. The molecule has 118 valence electrons. The van der Waals surface area contributed by atoms with E-state index in [1.807, 2.05) is 55.1 Å². The van der Waals surface area contributed by atoms with Crippen LogP contribution in [0.25, 0.3) is 0 Å². The predicted octanol–water partition coefficient (Wildman–Crippen LogP) is 1.62. The number of benzene rings is 1. The van der Waals surface area contributed by atoms with Crippen molar-refractivity contribution >= 4 is 5.91 Å². The zero-order chi connectivity index (χ0) is 15.8. The third-order valence-electron chi connectivity index (χ3n) is 3.54. The van der Waals surface area contributed by atoms with Crippen molar-refractivity contribution in [1.29, 1.82) is 0 Å². The lowest BCUT2D eigenvalue weighted by Crippen LogP contribution is -2.45. The first-order chi connectivity index (χ1) is 9.99. The van der Waals surface area contributed by atoms with Crippen molar-refractivity contribution in [3.05, 3.63) is 29.8 Å².